The first-order chi connectivity index (χ1) is 16.4. The third-order valence-corrected chi connectivity index (χ3v) is 12.8. The predicted octanol–water partition coefficient (Wildman–Crippen LogP) is 6.89. The normalized spacial score (nSPS) is 51.1. The number of rotatable bonds is 1. The fraction of sp³-hybridized carbons (Fsp3) is 0.875. The molecule has 36 heavy (non-hydrogen) atoms. The van der Waals surface area contributed by atoms with Crippen molar-refractivity contribution in [1.82, 2.24) is 0 Å². The lowest BCUT2D eigenvalue weighted by molar-refractivity contribution is -0.219. The van der Waals surface area contributed by atoms with E-state index in [-0.39, 0.29) is 62.7 Å². The van der Waals surface area contributed by atoms with Gasteiger partial charge >= 0.3 is 5.97 Å². The van der Waals surface area contributed by atoms with E-state index < -0.39 is 11.5 Å². The first-order valence-corrected chi connectivity index (χ1v) is 14.5. The van der Waals surface area contributed by atoms with Crippen LogP contribution in [0.1, 0.15) is 114 Å². The van der Waals surface area contributed by atoms with Gasteiger partial charge in [0.1, 0.15) is 0 Å². The summed E-state index contributed by atoms with van der Waals surface area (Å²) < 4.78 is 6.15. The molecule has 0 aliphatic heterocycles. The minimum absolute atomic E-state index is 0.0628. The molecule has 0 heterocycles. The van der Waals surface area contributed by atoms with Gasteiger partial charge in [0.2, 0.25) is 0 Å². The second-order valence-corrected chi connectivity index (χ2v) is 15.9. The van der Waals surface area contributed by atoms with Gasteiger partial charge in [-0.3, -0.25) is 9.59 Å². The van der Waals surface area contributed by atoms with Crippen LogP contribution in [0.25, 0.3) is 0 Å². The molecule has 202 valence electrons. The van der Waals surface area contributed by atoms with Gasteiger partial charge in [-0.05, 0) is 97.2 Å². The van der Waals surface area contributed by atoms with E-state index >= 15 is 0 Å². The second-order valence-electron chi connectivity index (χ2n) is 15.9. The molecule has 0 unspecified atom stereocenters. The molecular weight excluding hydrogens is 448 g/mol. The Morgan fingerprint density at radius 2 is 1.61 bits per heavy atom. The summed E-state index contributed by atoms with van der Waals surface area (Å²) in [7, 11) is 0. The molecule has 0 radical (unpaired) electrons. The molecule has 4 saturated carbocycles. The summed E-state index contributed by atoms with van der Waals surface area (Å²) in [5.41, 5.74) is 0.435. The fourth-order valence-corrected chi connectivity index (χ4v) is 10.9. The highest BCUT2D eigenvalue weighted by molar-refractivity contribution is 5.95. The minimum Gasteiger partial charge on any atom is -0.454 e. The zero-order valence-corrected chi connectivity index (χ0v) is 24.3. The topological polar surface area (TPSA) is 63.6 Å². The molecule has 0 aromatic heterocycles. The Balaban J connectivity index is 1.70. The predicted molar refractivity (Wildman–Crippen MR) is 142 cm³/mol. The molecule has 5 rings (SSSR count). The molecule has 4 heteroatoms. The highest BCUT2D eigenvalue weighted by Crippen LogP contribution is 2.74. The molecule has 9 atom stereocenters. The van der Waals surface area contributed by atoms with Crippen molar-refractivity contribution in [2.75, 3.05) is 0 Å². The van der Waals surface area contributed by atoms with Crippen LogP contribution in [0.5, 0.6) is 0 Å². The molecule has 0 amide bonds. The van der Waals surface area contributed by atoms with Gasteiger partial charge in [0.05, 0.1) is 11.5 Å². The third kappa shape index (κ3) is 3.27. The molecule has 5 aliphatic carbocycles. The van der Waals surface area contributed by atoms with Gasteiger partial charge in [-0.2, -0.15) is 0 Å². The van der Waals surface area contributed by atoms with Gasteiger partial charge < -0.3 is 9.84 Å². The van der Waals surface area contributed by atoms with Gasteiger partial charge in [0.25, 0.3) is 0 Å². The average Bonchev–Trinajstić information content (AvgIpc) is 2.75. The summed E-state index contributed by atoms with van der Waals surface area (Å²) in [5.74, 6) is 0.269. The fourth-order valence-electron chi connectivity index (χ4n) is 10.9. The van der Waals surface area contributed by atoms with Gasteiger partial charge in [-0.25, -0.2) is 0 Å². The van der Waals surface area contributed by atoms with E-state index in [9.17, 15) is 14.7 Å². The number of hydrogen-bond acceptors (Lipinski definition) is 4. The Bertz CT molecular complexity index is 1010. The number of ether oxygens (including phenoxy) is 1. The average molecular weight is 499 g/mol. The Morgan fingerprint density at radius 1 is 0.944 bits per heavy atom. The van der Waals surface area contributed by atoms with Gasteiger partial charge in [-0.1, -0.05) is 60.1 Å². The maximum atomic E-state index is 14.9. The quantitative estimate of drug-likeness (QED) is 0.316. The number of aliphatic hydroxyl groups is 1. The Kier molecular flexibility index (Phi) is 5.66. The highest BCUT2D eigenvalue weighted by Gasteiger charge is 2.72. The van der Waals surface area contributed by atoms with Crippen LogP contribution in [0.4, 0.5) is 0 Å². The van der Waals surface area contributed by atoms with Gasteiger partial charge in [0, 0.05) is 12.8 Å². The van der Waals surface area contributed by atoms with Crippen LogP contribution in [0, 0.1) is 50.2 Å². The van der Waals surface area contributed by atoms with Crippen molar-refractivity contribution in [3.63, 3.8) is 0 Å². The summed E-state index contributed by atoms with van der Waals surface area (Å²) in [6, 6.07) is 0. The zero-order valence-electron chi connectivity index (χ0n) is 24.3. The molecule has 0 saturated heterocycles. The van der Waals surface area contributed by atoms with E-state index in [0.29, 0.717) is 0 Å². The summed E-state index contributed by atoms with van der Waals surface area (Å²) in [5, 5.41) is 11.0. The van der Waals surface area contributed by atoms with Crippen LogP contribution in [-0.2, 0) is 14.3 Å². The number of carbonyl (C=O) groups is 2. The Hall–Kier alpha value is -1.16. The molecule has 4 fully saturated rings. The zero-order chi connectivity index (χ0) is 26.7. The van der Waals surface area contributed by atoms with E-state index in [1.165, 1.54) is 18.9 Å². The van der Waals surface area contributed by atoms with E-state index in [0.717, 1.165) is 44.9 Å². The third-order valence-electron chi connectivity index (χ3n) is 12.8. The van der Waals surface area contributed by atoms with Crippen molar-refractivity contribution < 1.29 is 19.4 Å². The van der Waals surface area contributed by atoms with Crippen LogP contribution >= 0.6 is 0 Å². The molecule has 0 bridgehead atoms. The maximum absolute atomic E-state index is 14.9. The van der Waals surface area contributed by atoms with E-state index in [1.807, 2.05) is 0 Å². The van der Waals surface area contributed by atoms with Crippen LogP contribution in [-0.4, -0.2) is 29.1 Å². The molecule has 4 nitrogen and oxygen atoms in total. The van der Waals surface area contributed by atoms with Crippen LogP contribution < -0.4 is 0 Å². The van der Waals surface area contributed by atoms with E-state index in [2.05, 4.69) is 61.5 Å². The number of fused-ring (bicyclic) bond motifs is 7. The first-order valence-electron chi connectivity index (χ1n) is 14.5. The summed E-state index contributed by atoms with van der Waals surface area (Å²) in [4.78, 5) is 27.5. The lowest BCUT2D eigenvalue weighted by Gasteiger charge is -2.70. The standard InChI is InChI=1S/C32H50O4/c1-19(33)36-24-25-30(7)15-12-23(34)28(4,5)20(30)11-14-31(25,8)21-10-13-29(6)17-16-27(2,3)18-22(29)32(21,9)26(24)35/h10,20,22-25,34H,11-18H2,1-9H3/t20-,22+,23-,24-,25+,29-,30-,31-,32+/m0/s1. The number of esters is 1. The Morgan fingerprint density at radius 3 is 2.25 bits per heavy atom. The lowest BCUT2D eigenvalue weighted by atomic mass is 9.34. The number of ketones is 1. The van der Waals surface area contributed by atoms with E-state index in [1.54, 1.807) is 0 Å². The maximum Gasteiger partial charge on any atom is 0.303 e. The van der Waals surface area contributed by atoms with Crippen LogP contribution in [0.2, 0.25) is 0 Å². The smallest absolute Gasteiger partial charge is 0.303 e. The Labute approximate surface area is 219 Å². The summed E-state index contributed by atoms with van der Waals surface area (Å²) in [6.45, 7) is 19.9. The van der Waals surface area contributed by atoms with Crippen LogP contribution in [0.3, 0.4) is 0 Å². The van der Waals surface area contributed by atoms with Crippen LogP contribution in [0.15, 0.2) is 11.6 Å². The molecule has 0 spiro atoms. The lowest BCUT2D eigenvalue weighted by Crippen LogP contribution is -2.70. The van der Waals surface area contributed by atoms with Gasteiger partial charge in [0.15, 0.2) is 11.9 Å². The number of Topliss-reactive ketones (excluding diaryl/α,β-unsaturated/α-hetero) is 1. The summed E-state index contributed by atoms with van der Waals surface area (Å²) in [6.07, 6.45) is 9.44. The summed E-state index contributed by atoms with van der Waals surface area (Å²) >= 11 is 0. The van der Waals surface area contributed by atoms with Crippen molar-refractivity contribution in [2.45, 2.75) is 126 Å². The molecular formula is C32H50O4. The SMILES string of the molecule is CC(=O)O[C@@H]1C(=O)[C@]2(C)C(=CC[C@@]3(C)CCC(C)(C)C[C@H]32)[C@]2(C)CC[C@H]3C(C)(C)[C@@H](O)CC[C@]3(C)[C@@H]12. The highest BCUT2D eigenvalue weighted by atomic mass is 16.5. The molecule has 0 aromatic rings. The van der Waals surface area contributed by atoms with Gasteiger partial charge in [-0.15, -0.1) is 0 Å². The number of allylic oxidation sites excluding steroid dienone is 2. The second kappa shape index (κ2) is 7.70. The van der Waals surface area contributed by atoms with Crippen molar-refractivity contribution in [3.8, 4) is 0 Å². The molecule has 5 aliphatic rings. The molecule has 1 N–H and O–H groups in total. The largest absolute Gasteiger partial charge is 0.454 e. The number of carbonyl (C=O) groups excluding carboxylic acids is 2. The minimum atomic E-state index is -0.721. The van der Waals surface area contributed by atoms with Crippen molar-refractivity contribution in [3.05, 3.63) is 11.6 Å². The number of aliphatic hydroxyl groups excluding tert-OH is 1. The first kappa shape index (κ1) is 26.4. The molecule has 0 aromatic carbocycles. The van der Waals surface area contributed by atoms with E-state index in [4.69, 9.17) is 4.74 Å². The van der Waals surface area contributed by atoms with Crippen molar-refractivity contribution in [2.24, 2.45) is 50.2 Å². The van der Waals surface area contributed by atoms with Crippen molar-refractivity contribution >= 4 is 11.8 Å². The monoisotopic (exact) mass is 498 g/mol. The number of hydrogen-bond donors (Lipinski definition) is 1. The van der Waals surface area contributed by atoms with Crippen molar-refractivity contribution in [1.29, 1.82) is 0 Å².